The van der Waals surface area contributed by atoms with Crippen LogP contribution in [-0.2, 0) is 6.42 Å². The molecule has 2 aromatic heterocycles. The summed E-state index contributed by atoms with van der Waals surface area (Å²) < 4.78 is 28.1. The molecule has 2 heterocycles. The van der Waals surface area contributed by atoms with Crippen molar-refractivity contribution in [3.63, 3.8) is 0 Å². The SMILES string of the molecule is O=C(NC(CO)Cc1cnc[nH]1)c1cc(F)c2n[nH]c(-c3cccc(F)c3)c2c1. The molecule has 0 spiro atoms. The average Bonchev–Trinajstić information content (AvgIpc) is 3.37. The highest BCUT2D eigenvalue weighted by Gasteiger charge is 2.19. The number of H-pyrrole nitrogens is 2. The van der Waals surface area contributed by atoms with Crippen molar-refractivity contribution in [2.24, 2.45) is 0 Å². The Morgan fingerprint density at radius 1 is 1.24 bits per heavy atom. The van der Waals surface area contributed by atoms with Gasteiger partial charge < -0.3 is 15.4 Å². The first-order chi connectivity index (χ1) is 14.0. The quantitative estimate of drug-likeness (QED) is 0.401. The van der Waals surface area contributed by atoms with Crippen LogP contribution in [0.5, 0.6) is 0 Å². The van der Waals surface area contributed by atoms with E-state index in [-0.39, 0.29) is 17.7 Å². The summed E-state index contributed by atoms with van der Waals surface area (Å²) in [5, 5.41) is 19.2. The molecule has 148 valence electrons. The van der Waals surface area contributed by atoms with Gasteiger partial charge in [0.1, 0.15) is 11.3 Å². The molecule has 1 atom stereocenters. The summed E-state index contributed by atoms with van der Waals surface area (Å²) in [7, 11) is 0. The fourth-order valence-electron chi connectivity index (χ4n) is 3.16. The monoisotopic (exact) mass is 397 g/mol. The number of aromatic amines is 2. The predicted molar refractivity (Wildman–Crippen MR) is 102 cm³/mol. The molecule has 4 N–H and O–H groups in total. The Hall–Kier alpha value is -3.59. The summed E-state index contributed by atoms with van der Waals surface area (Å²) >= 11 is 0. The van der Waals surface area contributed by atoms with Gasteiger partial charge >= 0.3 is 0 Å². The number of aromatic nitrogens is 4. The number of nitrogens with zero attached hydrogens (tertiary/aromatic N) is 2. The minimum Gasteiger partial charge on any atom is -0.394 e. The number of aliphatic hydroxyl groups excluding tert-OH is 1. The van der Waals surface area contributed by atoms with E-state index < -0.39 is 23.6 Å². The molecule has 0 fully saturated rings. The van der Waals surface area contributed by atoms with Gasteiger partial charge in [0.15, 0.2) is 5.82 Å². The zero-order valence-electron chi connectivity index (χ0n) is 15.1. The first kappa shape index (κ1) is 18.8. The highest BCUT2D eigenvalue weighted by molar-refractivity contribution is 6.01. The summed E-state index contributed by atoms with van der Waals surface area (Å²) in [4.78, 5) is 19.5. The lowest BCUT2D eigenvalue weighted by Crippen LogP contribution is -2.39. The van der Waals surface area contributed by atoms with Crippen molar-refractivity contribution >= 4 is 16.8 Å². The molecule has 7 nitrogen and oxygen atoms in total. The Morgan fingerprint density at radius 3 is 2.83 bits per heavy atom. The smallest absolute Gasteiger partial charge is 0.251 e. The maximum absolute atomic E-state index is 14.5. The fraction of sp³-hybridized carbons (Fsp3) is 0.150. The van der Waals surface area contributed by atoms with E-state index in [1.165, 1.54) is 30.6 Å². The summed E-state index contributed by atoms with van der Waals surface area (Å²) in [6.07, 6.45) is 3.44. The Morgan fingerprint density at radius 2 is 2.10 bits per heavy atom. The number of imidazole rings is 1. The Bertz CT molecular complexity index is 1160. The van der Waals surface area contributed by atoms with Crippen LogP contribution in [0.3, 0.4) is 0 Å². The predicted octanol–water partition coefficient (Wildman–Crippen LogP) is 2.56. The Labute approximate surface area is 163 Å². The lowest BCUT2D eigenvalue weighted by Gasteiger charge is -2.15. The zero-order valence-corrected chi connectivity index (χ0v) is 15.1. The van der Waals surface area contributed by atoms with Crippen LogP contribution in [0.2, 0.25) is 0 Å². The van der Waals surface area contributed by atoms with Crippen molar-refractivity contribution in [2.75, 3.05) is 6.61 Å². The summed E-state index contributed by atoms with van der Waals surface area (Å²) in [5.74, 6) is -1.67. The number of carbonyl (C=O) groups is 1. The number of amides is 1. The first-order valence-electron chi connectivity index (χ1n) is 8.87. The molecule has 0 bridgehead atoms. The standard InChI is InChI=1S/C20H17F2N5O2/c21-13-3-1-2-11(4-13)18-16-5-12(6-17(22)19(16)27-26-18)20(29)25-15(9-28)7-14-8-23-10-24-14/h1-6,8,10,15,28H,7,9H2,(H,23,24)(H,25,29)(H,26,27). The molecule has 0 saturated carbocycles. The van der Waals surface area contributed by atoms with Crippen molar-refractivity contribution < 1.29 is 18.7 Å². The van der Waals surface area contributed by atoms with E-state index in [4.69, 9.17) is 0 Å². The number of rotatable bonds is 6. The van der Waals surface area contributed by atoms with Gasteiger partial charge in [-0.15, -0.1) is 0 Å². The first-order valence-corrected chi connectivity index (χ1v) is 8.87. The molecule has 29 heavy (non-hydrogen) atoms. The van der Waals surface area contributed by atoms with Gasteiger partial charge in [-0.05, 0) is 24.3 Å². The highest BCUT2D eigenvalue weighted by atomic mass is 19.1. The zero-order chi connectivity index (χ0) is 20.4. The number of nitrogens with one attached hydrogen (secondary N) is 3. The van der Waals surface area contributed by atoms with E-state index in [2.05, 4.69) is 25.5 Å². The molecule has 0 aliphatic carbocycles. The van der Waals surface area contributed by atoms with E-state index in [9.17, 15) is 18.7 Å². The number of fused-ring (bicyclic) bond motifs is 1. The minimum absolute atomic E-state index is 0.0528. The second kappa shape index (κ2) is 7.80. The van der Waals surface area contributed by atoms with Gasteiger partial charge in [0.25, 0.3) is 5.91 Å². The molecule has 2 aromatic carbocycles. The van der Waals surface area contributed by atoms with Gasteiger partial charge in [-0.25, -0.2) is 13.8 Å². The lowest BCUT2D eigenvalue weighted by molar-refractivity contribution is 0.0916. The van der Waals surface area contributed by atoms with Gasteiger partial charge in [-0.3, -0.25) is 9.89 Å². The lowest BCUT2D eigenvalue weighted by atomic mass is 10.0. The molecule has 0 aliphatic rings. The minimum atomic E-state index is -0.680. The van der Waals surface area contributed by atoms with Crippen molar-refractivity contribution in [1.29, 1.82) is 0 Å². The van der Waals surface area contributed by atoms with Crippen LogP contribution in [0.4, 0.5) is 8.78 Å². The maximum atomic E-state index is 14.5. The second-order valence-corrected chi connectivity index (χ2v) is 6.60. The molecule has 0 saturated heterocycles. The van der Waals surface area contributed by atoms with Crippen LogP contribution in [0.1, 0.15) is 16.1 Å². The summed E-state index contributed by atoms with van der Waals surface area (Å²) in [6, 6.07) is 7.78. The number of benzene rings is 2. The molecule has 4 aromatic rings. The Kier molecular flexibility index (Phi) is 5.05. The second-order valence-electron chi connectivity index (χ2n) is 6.60. The molecular weight excluding hydrogens is 380 g/mol. The number of hydrogen-bond acceptors (Lipinski definition) is 4. The van der Waals surface area contributed by atoms with Crippen LogP contribution >= 0.6 is 0 Å². The fourth-order valence-corrected chi connectivity index (χ4v) is 3.16. The number of aliphatic hydroxyl groups is 1. The molecule has 0 radical (unpaired) electrons. The van der Waals surface area contributed by atoms with Crippen LogP contribution < -0.4 is 5.32 Å². The largest absolute Gasteiger partial charge is 0.394 e. The van der Waals surface area contributed by atoms with E-state index >= 15 is 0 Å². The van der Waals surface area contributed by atoms with Crippen molar-refractivity contribution in [1.82, 2.24) is 25.5 Å². The normalized spacial score (nSPS) is 12.2. The molecule has 9 heteroatoms. The Balaban J connectivity index is 1.65. The average molecular weight is 397 g/mol. The number of halogens is 2. The van der Waals surface area contributed by atoms with Crippen LogP contribution in [0.25, 0.3) is 22.2 Å². The summed E-state index contributed by atoms with van der Waals surface area (Å²) in [5.41, 5.74) is 1.75. The maximum Gasteiger partial charge on any atom is 0.251 e. The molecule has 1 unspecified atom stereocenters. The number of carbonyl (C=O) groups excluding carboxylic acids is 1. The van der Waals surface area contributed by atoms with Gasteiger partial charge in [-0.1, -0.05) is 12.1 Å². The van der Waals surface area contributed by atoms with Crippen molar-refractivity contribution in [3.05, 3.63) is 71.8 Å². The molecular formula is C20H17F2N5O2. The van der Waals surface area contributed by atoms with Gasteiger partial charge in [-0.2, -0.15) is 5.10 Å². The molecule has 4 rings (SSSR count). The molecule has 1 amide bonds. The van der Waals surface area contributed by atoms with Crippen LogP contribution in [-0.4, -0.2) is 43.8 Å². The van der Waals surface area contributed by atoms with Crippen LogP contribution in [0, 0.1) is 11.6 Å². The molecule has 0 aliphatic heterocycles. The van der Waals surface area contributed by atoms with Crippen LogP contribution in [0.15, 0.2) is 48.9 Å². The van der Waals surface area contributed by atoms with Gasteiger partial charge in [0.05, 0.1) is 24.7 Å². The van der Waals surface area contributed by atoms with E-state index in [1.54, 1.807) is 12.3 Å². The number of hydrogen-bond donors (Lipinski definition) is 4. The third-order valence-electron chi connectivity index (χ3n) is 4.56. The topological polar surface area (TPSA) is 107 Å². The summed E-state index contributed by atoms with van der Waals surface area (Å²) in [6.45, 7) is -0.296. The van der Waals surface area contributed by atoms with E-state index in [0.29, 0.717) is 23.1 Å². The van der Waals surface area contributed by atoms with E-state index in [1.807, 2.05) is 0 Å². The third-order valence-corrected chi connectivity index (χ3v) is 4.56. The third kappa shape index (κ3) is 3.85. The van der Waals surface area contributed by atoms with Gasteiger partial charge in [0, 0.05) is 34.8 Å². The van der Waals surface area contributed by atoms with Crippen molar-refractivity contribution in [3.8, 4) is 11.3 Å². The van der Waals surface area contributed by atoms with Crippen molar-refractivity contribution in [2.45, 2.75) is 12.5 Å². The van der Waals surface area contributed by atoms with Gasteiger partial charge in [0.2, 0.25) is 0 Å². The highest BCUT2D eigenvalue weighted by Crippen LogP contribution is 2.29. The van der Waals surface area contributed by atoms with E-state index in [0.717, 1.165) is 11.8 Å².